The van der Waals surface area contributed by atoms with Gasteiger partial charge in [-0.05, 0) is 18.1 Å². The van der Waals surface area contributed by atoms with Crippen LogP contribution < -0.4 is 0 Å². The van der Waals surface area contributed by atoms with Crippen molar-refractivity contribution in [3.05, 3.63) is 38.9 Å². The molecular formula is C14H16ClN3O3. The summed E-state index contributed by atoms with van der Waals surface area (Å²) in [6.07, 6.45) is 0.173. The van der Waals surface area contributed by atoms with Gasteiger partial charge in [-0.1, -0.05) is 31.5 Å². The van der Waals surface area contributed by atoms with Gasteiger partial charge in [0.05, 0.1) is 17.4 Å². The van der Waals surface area contributed by atoms with Gasteiger partial charge in [-0.15, -0.1) is 0 Å². The van der Waals surface area contributed by atoms with Crippen molar-refractivity contribution in [1.29, 1.82) is 5.26 Å². The molecule has 0 spiro atoms. The third kappa shape index (κ3) is 4.43. The lowest BCUT2D eigenvalue weighted by atomic mass is 10.1. The van der Waals surface area contributed by atoms with Gasteiger partial charge < -0.3 is 4.90 Å². The Kier molecular flexibility index (Phi) is 6.12. The number of carbonyl (C=O) groups excluding carboxylic acids is 1. The van der Waals surface area contributed by atoms with Crippen LogP contribution in [0.1, 0.15) is 30.6 Å². The fourth-order valence-electron chi connectivity index (χ4n) is 1.95. The van der Waals surface area contributed by atoms with Crippen LogP contribution in [0, 0.1) is 27.4 Å². The first-order chi connectivity index (χ1) is 9.88. The molecule has 0 N–H and O–H groups in total. The standard InChI is InChI=1S/C14H16ClN3O3/c1-10(2)9-17(8-4-7-16)14(19)11-5-3-6-12(15)13(11)18(20)21/h3,5-6,10H,4,8-9H2,1-2H3. The number of hydrogen-bond donors (Lipinski definition) is 0. The van der Waals surface area contributed by atoms with E-state index in [2.05, 4.69) is 0 Å². The molecule has 1 aromatic rings. The van der Waals surface area contributed by atoms with Crippen molar-refractivity contribution >= 4 is 23.2 Å². The highest BCUT2D eigenvalue weighted by molar-refractivity contribution is 6.33. The predicted octanol–water partition coefficient (Wildman–Crippen LogP) is 3.26. The Morgan fingerprint density at radius 2 is 2.19 bits per heavy atom. The highest BCUT2D eigenvalue weighted by Crippen LogP contribution is 2.29. The average molecular weight is 310 g/mol. The lowest BCUT2D eigenvalue weighted by Crippen LogP contribution is -2.35. The van der Waals surface area contributed by atoms with E-state index in [-0.39, 0.29) is 29.5 Å². The first kappa shape index (κ1) is 16.9. The molecule has 0 aliphatic rings. The number of nitriles is 1. The Morgan fingerprint density at radius 1 is 1.52 bits per heavy atom. The van der Waals surface area contributed by atoms with E-state index in [9.17, 15) is 14.9 Å². The number of benzene rings is 1. The van der Waals surface area contributed by atoms with Crippen LogP contribution in [0.5, 0.6) is 0 Å². The number of nitrogens with zero attached hydrogens (tertiary/aromatic N) is 3. The first-order valence-electron chi connectivity index (χ1n) is 6.47. The Bertz CT molecular complexity index is 581. The van der Waals surface area contributed by atoms with Gasteiger partial charge in [0.15, 0.2) is 0 Å². The SMILES string of the molecule is CC(C)CN(CCC#N)C(=O)c1cccc(Cl)c1[N+](=O)[O-]. The summed E-state index contributed by atoms with van der Waals surface area (Å²) in [5.74, 6) is -0.293. The molecule has 1 amide bonds. The van der Waals surface area contributed by atoms with Crippen LogP contribution in [-0.2, 0) is 0 Å². The lowest BCUT2D eigenvalue weighted by Gasteiger charge is -2.23. The summed E-state index contributed by atoms with van der Waals surface area (Å²) in [5.41, 5.74) is -0.444. The third-order valence-corrected chi connectivity index (χ3v) is 3.07. The smallest absolute Gasteiger partial charge is 0.300 e. The zero-order chi connectivity index (χ0) is 16.0. The van der Waals surface area contributed by atoms with E-state index in [1.54, 1.807) is 0 Å². The fraction of sp³-hybridized carbons (Fsp3) is 0.429. The van der Waals surface area contributed by atoms with Crippen molar-refractivity contribution < 1.29 is 9.72 Å². The van der Waals surface area contributed by atoms with Gasteiger partial charge in [0.25, 0.3) is 5.91 Å². The summed E-state index contributed by atoms with van der Waals surface area (Å²) in [6, 6.07) is 6.23. The number of nitro benzene ring substituents is 1. The molecule has 0 aromatic heterocycles. The number of hydrogen-bond acceptors (Lipinski definition) is 4. The van der Waals surface area contributed by atoms with Crippen molar-refractivity contribution in [1.82, 2.24) is 4.90 Å². The van der Waals surface area contributed by atoms with Crippen LogP contribution in [0.25, 0.3) is 0 Å². The zero-order valence-corrected chi connectivity index (χ0v) is 12.6. The largest absolute Gasteiger partial charge is 0.337 e. The first-order valence-corrected chi connectivity index (χ1v) is 6.85. The fourth-order valence-corrected chi connectivity index (χ4v) is 2.19. The van der Waals surface area contributed by atoms with Gasteiger partial charge in [-0.25, -0.2) is 0 Å². The van der Waals surface area contributed by atoms with Gasteiger partial charge in [0.1, 0.15) is 10.6 Å². The molecule has 0 radical (unpaired) electrons. The molecule has 112 valence electrons. The molecule has 1 rings (SSSR count). The van der Waals surface area contributed by atoms with E-state index in [1.807, 2.05) is 19.9 Å². The van der Waals surface area contributed by atoms with Crippen molar-refractivity contribution in [2.45, 2.75) is 20.3 Å². The molecule has 0 unspecified atom stereocenters. The Labute approximate surface area is 128 Å². The predicted molar refractivity (Wildman–Crippen MR) is 79.1 cm³/mol. The molecule has 0 saturated heterocycles. The molecule has 6 nitrogen and oxygen atoms in total. The van der Waals surface area contributed by atoms with Crippen molar-refractivity contribution in [3.63, 3.8) is 0 Å². The molecule has 0 atom stereocenters. The van der Waals surface area contributed by atoms with E-state index in [0.29, 0.717) is 6.54 Å². The number of amides is 1. The average Bonchev–Trinajstić information content (AvgIpc) is 2.41. The Hall–Kier alpha value is -2.13. The maximum atomic E-state index is 12.5. The Balaban J connectivity index is 3.17. The Morgan fingerprint density at radius 3 is 2.71 bits per heavy atom. The van der Waals surface area contributed by atoms with Crippen LogP contribution >= 0.6 is 11.6 Å². The summed E-state index contributed by atoms with van der Waals surface area (Å²) in [6.45, 7) is 4.51. The molecule has 1 aromatic carbocycles. The summed E-state index contributed by atoms with van der Waals surface area (Å²) < 4.78 is 0. The summed E-state index contributed by atoms with van der Waals surface area (Å²) in [5, 5.41) is 19.7. The number of rotatable bonds is 6. The topological polar surface area (TPSA) is 87.2 Å². The second-order valence-corrected chi connectivity index (χ2v) is 5.35. The monoisotopic (exact) mass is 309 g/mol. The highest BCUT2D eigenvalue weighted by Gasteiger charge is 2.27. The van der Waals surface area contributed by atoms with Crippen molar-refractivity contribution in [2.24, 2.45) is 5.92 Å². The molecule has 0 bridgehead atoms. The van der Waals surface area contributed by atoms with E-state index < -0.39 is 16.5 Å². The molecule has 7 heteroatoms. The van der Waals surface area contributed by atoms with Gasteiger partial charge >= 0.3 is 5.69 Å². The number of nitro groups is 1. The quantitative estimate of drug-likeness (QED) is 0.596. The molecule has 0 saturated carbocycles. The van der Waals surface area contributed by atoms with E-state index in [4.69, 9.17) is 16.9 Å². The highest BCUT2D eigenvalue weighted by atomic mass is 35.5. The molecular weight excluding hydrogens is 294 g/mol. The van der Waals surface area contributed by atoms with Crippen LogP contribution in [0.15, 0.2) is 18.2 Å². The van der Waals surface area contributed by atoms with E-state index in [1.165, 1.54) is 23.1 Å². The second-order valence-electron chi connectivity index (χ2n) is 4.95. The molecule has 0 aliphatic carbocycles. The molecule has 0 heterocycles. The minimum atomic E-state index is -0.659. The number of carbonyl (C=O) groups is 1. The summed E-state index contributed by atoms with van der Waals surface area (Å²) >= 11 is 5.82. The molecule has 0 aliphatic heterocycles. The summed E-state index contributed by atoms with van der Waals surface area (Å²) in [4.78, 5) is 24.4. The van der Waals surface area contributed by atoms with Gasteiger partial charge in [0.2, 0.25) is 0 Å². The van der Waals surface area contributed by atoms with E-state index in [0.717, 1.165) is 0 Å². The maximum Gasteiger partial charge on any atom is 0.300 e. The number of para-hydroxylation sites is 1. The van der Waals surface area contributed by atoms with Crippen LogP contribution in [0.3, 0.4) is 0 Å². The molecule has 0 fully saturated rings. The minimum absolute atomic E-state index is 0.0499. The second kappa shape index (κ2) is 7.60. The van der Waals surface area contributed by atoms with Gasteiger partial charge in [0, 0.05) is 13.1 Å². The van der Waals surface area contributed by atoms with Gasteiger partial charge in [-0.2, -0.15) is 5.26 Å². The maximum absolute atomic E-state index is 12.5. The van der Waals surface area contributed by atoms with Crippen LogP contribution in [0.4, 0.5) is 5.69 Å². The minimum Gasteiger partial charge on any atom is -0.337 e. The van der Waals surface area contributed by atoms with Gasteiger partial charge in [-0.3, -0.25) is 14.9 Å². The van der Waals surface area contributed by atoms with Crippen molar-refractivity contribution in [2.75, 3.05) is 13.1 Å². The normalized spacial score (nSPS) is 10.2. The van der Waals surface area contributed by atoms with E-state index >= 15 is 0 Å². The third-order valence-electron chi connectivity index (χ3n) is 2.77. The molecule has 21 heavy (non-hydrogen) atoms. The summed E-state index contributed by atoms with van der Waals surface area (Å²) in [7, 11) is 0. The van der Waals surface area contributed by atoms with Crippen molar-refractivity contribution in [3.8, 4) is 6.07 Å². The number of halogens is 1. The van der Waals surface area contributed by atoms with Crippen LogP contribution in [-0.4, -0.2) is 28.8 Å². The zero-order valence-electron chi connectivity index (χ0n) is 11.9. The lowest BCUT2D eigenvalue weighted by molar-refractivity contribution is -0.385. The van der Waals surface area contributed by atoms with Crippen LogP contribution in [0.2, 0.25) is 5.02 Å².